The van der Waals surface area contributed by atoms with Crippen molar-refractivity contribution in [1.82, 2.24) is 40.4 Å². The normalized spacial score (nSPS) is 15.8. The van der Waals surface area contributed by atoms with Crippen LogP contribution < -0.4 is 5.32 Å². The van der Waals surface area contributed by atoms with Crippen molar-refractivity contribution in [2.24, 2.45) is 5.92 Å². The number of aromatic nitrogens is 7. The summed E-state index contributed by atoms with van der Waals surface area (Å²) >= 11 is 0. The van der Waals surface area contributed by atoms with Gasteiger partial charge < -0.3 is 10.3 Å². The molecule has 0 amide bonds. The molecule has 3 N–H and O–H groups in total. The number of hydrogen-bond donors (Lipinski definition) is 3. The first-order valence-corrected chi connectivity index (χ1v) is 13.0. The van der Waals surface area contributed by atoms with Gasteiger partial charge in [-0.1, -0.05) is 31.1 Å². The van der Waals surface area contributed by atoms with E-state index in [2.05, 4.69) is 54.8 Å². The molecule has 2 aliphatic rings. The minimum absolute atomic E-state index is 0.672. The first-order chi connectivity index (χ1) is 18.3. The van der Waals surface area contributed by atoms with Gasteiger partial charge in [0.25, 0.3) is 0 Å². The van der Waals surface area contributed by atoms with Crippen molar-refractivity contribution in [2.45, 2.75) is 38.6 Å². The van der Waals surface area contributed by atoms with Gasteiger partial charge in [-0.3, -0.25) is 15.1 Å². The second kappa shape index (κ2) is 9.37. The molecular weight excluding hydrogens is 460 g/mol. The fraction of sp³-hybridized carbons (Fsp3) is 0.276. The summed E-state index contributed by atoms with van der Waals surface area (Å²) in [5, 5.41) is 11.3. The molecule has 0 spiro atoms. The van der Waals surface area contributed by atoms with E-state index < -0.39 is 0 Å². The molecule has 0 aliphatic heterocycles. The van der Waals surface area contributed by atoms with Crippen LogP contribution in [0, 0.1) is 5.92 Å². The van der Waals surface area contributed by atoms with Gasteiger partial charge in [0.05, 0.1) is 28.4 Å². The number of imidazole rings is 1. The second-order valence-corrected chi connectivity index (χ2v) is 9.99. The van der Waals surface area contributed by atoms with Crippen LogP contribution in [0.5, 0.6) is 0 Å². The Hall–Kier alpha value is -4.17. The molecule has 0 bridgehead atoms. The molecule has 0 radical (unpaired) electrons. The lowest BCUT2D eigenvalue weighted by Gasteiger charge is -2.11. The number of nitrogens with zero attached hydrogens (tertiary/aromatic N) is 5. The Kier molecular flexibility index (Phi) is 5.59. The maximum Gasteiger partial charge on any atom is 0.161 e. The quantitative estimate of drug-likeness (QED) is 0.276. The van der Waals surface area contributed by atoms with Crippen LogP contribution in [0.15, 0.2) is 61.2 Å². The average Bonchev–Trinajstić information content (AvgIpc) is 3.74. The number of nitrogens with one attached hydrogen (secondary N) is 3. The molecule has 5 heterocycles. The fourth-order valence-electron chi connectivity index (χ4n) is 5.50. The van der Waals surface area contributed by atoms with Crippen molar-refractivity contribution in [3.63, 3.8) is 0 Å². The second-order valence-electron chi connectivity index (χ2n) is 9.99. The topological polar surface area (TPSA) is 108 Å². The highest BCUT2D eigenvalue weighted by Crippen LogP contribution is 2.31. The third-order valence-corrected chi connectivity index (χ3v) is 7.44. The summed E-state index contributed by atoms with van der Waals surface area (Å²) < 4.78 is 0. The lowest BCUT2D eigenvalue weighted by molar-refractivity contribution is 0.489. The molecule has 8 heteroatoms. The van der Waals surface area contributed by atoms with Gasteiger partial charge in [0.1, 0.15) is 5.52 Å². The van der Waals surface area contributed by atoms with Gasteiger partial charge in [0.2, 0.25) is 0 Å². The predicted octanol–water partition coefficient (Wildman–Crippen LogP) is 5.58. The maximum atomic E-state index is 4.98. The van der Waals surface area contributed by atoms with Gasteiger partial charge in [-0.15, -0.1) is 0 Å². The third-order valence-electron chi connectivity index (χ3n) is 7.44. The van der Waals surface area contributed by atoms with Crippen LogP contribution in [-0.4, -0.2) is 41.7 Å². The van der Waals surface area contributed by atoms with Crippen molar-refractivity contribution in [1.29, 1.82) is 0 Å². The summed E-state index contributed by atoms with van der Waals surface area (Å²) in [5.41, 5.74) is 9.28. The summed E-state index contributed by atoms with van der Waals surface area (Å²) in [7, 11) is 0. The molecule has 0 unspecified atom stereocenters. The number of rotatable bonds is 7. The summed E-state index contributed by atoms with van der Waals surface area (Å²) in [6.45, 7) is 1.90. The minimum Gasteiger partial charge on any atom is -0.335 e. The summed E-state index contributed by atoms with van der Waals surface area (Å²) in [4.78, 5) is 22.2. The van der Waals surface area contributed by atoms with Crippen molar-refractivity contribution in [3.8, 4) is 22.8 Å². The van der Waals surface area contributed by atoms with Crippen LogP contribution >= 0.6 is 0 Å². The monoisotopic (exact) mass is 488 g/mol. The van der Waals surface area contributed by atoms with Crippen LogP contribution in [0.2, 0.25) is 0 Å². The van der Waals surface area contributed by atoms with Gasteiger partial charge >= 0.3 is 0 Å². The zero-order valence-electron chi connectivity index (χ0n) is 20.5. The number of hydrogen-bond acceptors (Lipinski definition) is 6. The Labute approximate surface area is 214 Å². The number of pyridine rings is 3. The van der Waals surface area contributed by atoms with Crippen LogP contribution in [-0.2, 0) is 6.54 Å². The highest BCUT2D eigenvalue weighted by atomic mass is 15.1. The van der Waals surface area contributed by atoms with Crippen molar-refractivity contribution >= 4 is 27.6 Å². The number of allylic oxidation sites excluding steroid dienone is 4. The van der Waals surface area contributed by atoms with E-state index in [0.717, 1.165) is 75.5 Å². The molecule has 5 aromatic rings. The van der Waals surface area contributed by atoms with Crippen LogP contribution in [0.1, 0.15) is 43.2 Å². The van der Waals surface area contributed by atoms with E-state index >= 15 is 0 Å². The van der Waals surface area contributed by atoms with E-state index in [4.69, 9.17) is 9.97 Å². The minimum atomic E-state index is 0.672. The van der Waals surface area contributed by atoms with E-state index in [1.165, 1.54) is 25.7 Å². The molecule has 5 aromatic heterocycles. The Morgan fingerprint density at radius 1 is 0.946 bits per heavy atom. The van der Waals surface area contributed by atoms with Gasteiger partial charge in [0, 0.05) is 36.3 Å². The first kappa shape index (κ1) is 22.1. The zero-order valence-corrected chi connectivity index (χ0v) is 20.5. The zero-order chi connectivity index (χ0) is 24.6. The molecule has 7 rings (SSSR count). The van der Waals surface area contributed by atoms with E-state index in [1.807, 2.05) is 30.7 Å². The molecule has 0 aromatic carbocycles. The standard InChI is InChI=1S/C29H28N8/c1-2-6-18(5-1)12-30-13-19-11-21(15-31-14-19)23-9-10-24-27(33-23)28(37-36-24)29-34-25-17-32-16-22(26(25)35-29)20-7-3-4-8-20/h3,7-11,14-18,30H,1-2,4-6,12-13H2,(H,34,35)(H,36,37). The third kappa shape index (κ3) is 4.23. The van der Waals surface area contributed by atoms with E-state index in [-0.39, 0.29) is 0 Å². The van der Waals surface area contributed by atoms with Crippen molar-refractivity contribution in [2.75, 3.05) is 6.54 Å². The highest BCUT2D eigenvalue weighted by molar-refractivity contribution is 5.96. The van der Waals surface area contributed by atoms with Gasteiger partial charge in [-0.05, 0) is 61.1 Å². The molecule has 37 heavy (non-hydrogen) atoms. The maximum absolute atomic E-state index is 4.98. The smallest absolute Gasteiger partial charge is 0.161 e. The number of aromatic amines is 2. The first-order valence-electron chi connectivity index (χ1n) is 13.0. The van der Waals surface area contributed by atoms with E-state index in [0.29, 0.717) is 11.5 Å². The number of H-pyrrole nitrogens is 2. The molecule has 0 atom stereocenters. The molecule has 184 valence electrons. The van der Waals surface area contributed by atoms with Crippen molar-refractivity contribution < 1.29 is 0 Å². The highest BCUT2D eigenvalue weighted by Gasteiger charge is 2.18. The van der Waals surface area contributed by atoms with Gasteiger partial charge in [0.15, 0.2) is 11.5 Å². The Morgan fingerprint density at radius 2 is 1.86 bits per heavy atom. The molecule has 1 saturated carbocycles. The molecule has 2 aliphatic carbocycles. The van der Waals surface area contributed by atoms with Crippen LogP contribution in [0.25, 0.3) is 50.4 Å². The lowest BCUT2D eigenvalue weighted by Crippen LogP contribution is -2.20. The molecular formula is C29H28N8. The summed E-state index contributed by atoms with van der Waals surface area (Å²) in [6.07, 6.45) is 20.3. The Bertz CT molecular complexity index is 1650. The van der Waals surface area contributed by atoms with Crippen LogP contribution in [0.4, 0.5) is 0 Å². The van der Waals surface area contributed by atoms with Crippen molar-refractivity contribution in [3.05, 3.63) is 72.3 Å². The SMILES string of the molecule is C1=CC(c2cncc3[nH]c(-c4n[nH]c5ccc(-c6cncc(CNCC7CCCC7)c6)nc45)nc23)=CC1. The predicted molar refractivity (Wildman–Crippen MR) is 145 cm³/mol. The summed E-state index contributed by atoms with van der Waals surface area (Å²) in [6, 6.07) is 6.20. The van der Waals surface area contributed by atoms with Crippen LogP contribution in [0.3, 0.4) is 0 Å². The average molecular weight is 489 g/mol. The molecule has 0 saturated heterocycles. The molecule has 1 fully saturated rings. The van der Waals surface area contributed by atoms with E-state index in [9.17, 15) is 0 Å². The largest absolute Gasteiger partial charge is 0.335 e. The molecule has 8 nitrogen and oxygen atoms in total. The Morgan fingerprint density at radius 3 is 2.76 bits per heavy atom. The number of fused-ring (bicyclic) bond motifs is 2. The summed E-state index contributed by atoms with van der Waals surface area (Å²) in [5.74, 6) is 1.49. The Balaban J connectivity index is 1.19. The van der Waals surface area contributed by atoms with Gasteiger partial charge in [-0.2, -0.15) is 5.10 Å². The lowest BCUT2D eigenvalue weighted by atomic mass is 10.1. The van der Waals surface area contributed by atoms with Gasteiger partial charge in [-0.25, -0.2) is 9.97 Å². The van der Waals surface area contributed by atoms with E-state index in [1.54, 1.807) is 6.20 Å². The fourth-order valence-corrected chi connectivity index (χ4v) is 5.50.